The first kappa shape index (κ1) is 14.0. The van der Waals surface area contributed by atoms with E-state index in [1.54, 1.807) is 11.3 Å². The molecule has 0 spiro atoms. The molecule has 0 radical (unpaired) electrons. The summed E-state index contributed by atoms with van der Waals surface area (Å²) in [6, 6.07) is 8.49. The van der Waals surface area contributed by atoms with Crippen LogP contribution < -0.4 is 9.80 Å². The number of hydrogen-bond donors (Lipinski definition) is 0. The van der Waals surface area contributed by atoms with Crippen molar-refractivity contribution in [2.24, 2.45) is 0 Å². The molecule has 2 aromatic heterocycles. The van der Waals surface area contributed by atoms with Gasteiger partial charge in [-0.15, -0.1) is 5.10 Å². The van der Waals surface area contributed by atoms with Gasteiger partial charge >= 0.3 is 0 Å². The molecule has 0 bridgehead atoms. The molecule has 5 nitrogen and oxygen atoms in total. The largest absolute Gasteiger partial charge is 0.368 e. The number of halogens is 1. The van der Waals surface area contributed by atoms with Crippen molar-refractivity contribution in [3.63, 3.8) is 0 Å². The van der Waals surface area contributed by atoms with Gasteiger partial charge in [-0.1, -0.05) is 33.3 Å². The van der Waals surface area contributed by atoms with Crippen LogP contribution in [0.5, 0.6) is 0 Å². The zero-order chi connectivity index (χ0) is 15.1. The van der Waals surface area contributed by atoms with Gasteiger partial charge in [0.05, 0.1) is 11.9 Å². The number of rotatable bonds is 2. The van der Waals surface area contributed by atoms with Gasteiger partial charge in [-0.2, -0.15) is 0 Å². The van der Waals surface area contributed by atoms with Crippen LogP contribution in [0.3, 0.4) is 0 Å². The van der Waals surface area contributed by atoms with E-state index in [1.807, 2.05) is 17.6 Å². The maximum Gasteiger partial charge on any atom is 0.214 e. The highest BCUT2D eigenvalue weighted by molar-refractivity contribution is 9.10. The number of benzene rings is 1. The first-order valence-corrected chi connectivity index (χ1v) is 8.88. The molecule has 0 amide bonds. The van der Waals surface area contributed by atoms with Crippen LogP contribution >= 0.6 is 27.3 Å². The second-order valence-electron chi connectivity index (χ2n) is 5.45. The minimum atomic E-state index is 0.974. The summed E-state index contributed by atoms with van der Waals surface area (Å²) in [6.07, 6.45) is 1.98. The van der Waals surface area contributed by atoms with E-state index in [4.69, 9.17) is 0 Å². The van der Waals surface area contributed by atoms with Gasteiger partial charge in [0.15, 0.2) is 0 Å². The number of fused-ring (bicyclic) bond motifs is 1. The van der Waals surface area contributed by atoms with Crippen molar-refractivity contribution in [2.75, 3.05) is 36.0 Å². The summed E-state index contributed by atoms with van der Waals surface area (Å²) in [5, 5.41) is 5.71. The number of aryl methyl sites for hydroxylation is 1. The highest BCUT2D eigenvalue weighted by Crippen LogP contribution is 2.26. The molecule has 1 aliphatic heterocycles. The molecule has 0 saturated carbocycles. The van der Waals surface area contributed by atoms with Crippen LogP contribution in [-0.4, -0.2) is 40.8 Å². The number of piperazine rings is 1. The number of hydrogen-bond acceptors (Lipinski definition) is 5. The third kappa shape index (κ3) is 2.59. The van der Waals surface area contributed by atoms with Crippen LogP contribution in [-0.2, 0) is 0 Å². The Hall–Kier alpha value is -1.60. The number of nitrogens with zero attached hydrogens (tertiary/aromatic N) is 5. The molecule has 1 aromatic carbocycles. The molecule has 7 heteroatoms. The summed E-state index contributed by atoms with van der Waals surface area (Å²) in [6.45, 7) is 6.00. The zero-order valence-electron chi connectivity index (χ0n) is 12.2. The second kappa shape index (κ2) is 5.55. The summed E-state index contributed by atoms with van der Waals surface area (Å²) in [7, 11) is 0. The van der Waals surface area contributed by atoms with Gasteiger partial charge in [-0.25, -0.2) is 9.50 Å². The van der Waals surface area contributed by atoms with Crippen molar-refractivity contribution in [1.29, 1.82) is 0 Å². The van der Waals surface area contributed by atoms with E-state index in [1.165, 1.54) is 5.69 Å². The average Bonchev–Trinajstić information content (AvgIpc) is 3.05. The third-order valence-corrected chi connectivity index (χ3v) is 5.35. The molecule has 3 heterocycles. The lowest BCUT2D eigenvalue weighted by molar-refractivity contribution is 0.648. The van der Waals surface area contributed by atoms with Crippen LogP contribution in [0.1, 0.15) is 5.69 Å². The molecule has 114 valence electrons. The van der Waals surface area contributed by atoms with Crippen molar-refractivity contribution in [3.05, 3.63) is 40.6 Å². The normalized spacial score (nSPS) is 15.7. The van der Waals surface area contributed by atoms with Crippen LogP contribution in [0.25, 0.3) is 4.96 Å². The highest BCUT2D eigenvalue weighted by Gasteiger charge is 2.20. The van der Waals surface area contributed by atoms with Crippen LogP contribution in [0.2, 0.25) is 0 Å². The SMILES string of the molecule is Cc1cn2nc(N3CCN(c4cccc(Br)c4)CC3)sc2n1. The fourth-order valence-corrected chi connectivity index (χ4v) is 4.12. The Morgan fingerprint density at radius 1 is 1.14 bits per heavy atom. The second-order valence-corrected chi connectivity index (χ2v) is 7.30. The highest BCUT2D eigenvalue weighted by atomic mass is 79.9. The van der Waals surface area contributed by atoms with Gasteiger partial charge in [0, 0.05) is 36.3 Å². The summed E-state index contributed by atoms with van der Waals surface area (Å²) in [4.78, 5) is 10.2. The van der Waals surface area contributed by atoms with E-state index < -0.39 is 0 Å². The van der Waals surface area contributed by atoms with Gasteiger partial charge in [-0.05, 0) is 25.1 Å². The molecule has 22 heavy (non-hydrogen) atoms. The summed E-state index contributed by atoms with van der Waals surface area (Å²) in [5.41, 5.74) is 2.29. The summed E-state index contributed by atoms with van der Waals surface area (Å²) in [5.74, 6) is 0. The van der Waals surface area contributed by atoms with Crippen LogP contribution in [0.15, 0.2) is 34.9 Å². The maximum absolute atomic E-state index is 4.64. The van der Waals surface area contributed by atoms with Gasteiger partial charge in [0.25, 0.3) is 0 Å². The predicted octanol–water partition coefficient (Wildman–Crippen LogP) is 3.19. The van der Waals surface area contributed by atoms with Gasteiger partial charge < -0.3 is 9.80 Å². The monoisotopic (exact) mass is 377 g/mol. The molecule has 1 fully saturated rings. The van der Waals surface area contributed by atoms with E-state index in [9.17, 15) is 0 Å². The lowest BCUT2D eigenvalue weighted by Gasteiger charge is -2.35. The summed E-state index contributed by atoms with van der Waals surface area (Å²) < 4.78 is 3.01. The topological polar surface area (TPSA) is 36.7 Å². The van der Waals surface area contributed by atoms with Crippen molar-refractivity contribution in [1.82, 2.24) is 14.6 Å². The van der Waals surface area contributed by atoms with Gasteiger partial charge in [-0.3, -0.25) is 0 Å². The van der Waals surface area contributed by atoms with E-state index in [2.05, 4.69) is 60.1 Å². The van der Waals surface area contributed by atoms with E-state index in [0.29, 0.717) is 0 Å². The Morgan fingerprint density at radius 2 is 1.91 bits per heavy atom. The van der Waals surface area contributed by atoms with Crippen molar-refractivity contribution >= 4 is 43.0 Å². The first-order chi connectivity index (χ1) is 10.7. The molecule has 0 atom stereocenters. The fourth-order valence-electron chi connectivity index (χ4n) is 2.76. The standard InChI is InChI=1S/C15H16BrN5S/c1-11-10-21-14(17-11)22-15(18-21)20-7-5-19(6-8-20)13-4-2-3-12(16)9-13/h2-4,9-10H,5-8H2,1H3. The lowest BCUT2D eigenvalue weighted by atomic mass is 10.2. The van der Waals surface area contributed by atoms with Crippen molar-refractivity contribution in [2.45, 2.75) is 6.92 Å². The van der Waals surface area contributed by atoms with Crippen molar-refractivity contribution in [3.8, 4) is 0 Å². The molecule has 1 aliphatic rings. The predicted molar refractivity (Wildman–Crippen MR) is 94.2 cm³/mol. The molecular formula is C15H16BrN5S. The van der Waals surface area contributed by atoms with E-state index in [-0.39, 0.29) is 0 Å². The van der Waals surface area contributed by atoms with Crippen LogP contribution in [0.4, 0.5) is 10.8 Å². The van der Waals surface area contributed by atoms with E-state index in [0.717, 1.165) is 46.4 Å². The summed E-state index contributed by atoms with van der Waals surface area (Å²) >= 11 is 5.21. The number of aromatic nitrogens is 3. The number of imidazole rings is 1. The average molecular weight is 378 g/mol. The maximum atomic E-state index is 4.64. The quantitative estimate of drug-likeness (QED) is 0.687. The Morgan fingerprint density at radius 3 is 2.64 bits per heavy atom. The molecule has 3 aromatic rings. The van der Waals surface area contributed by atoms with Crippen molar-refractivity contribution < 1.29 is 0 Å². The Kier molecular flexibility index (Phi) is 3.54. The molecule has 1 saturated heterocycles. The number of anilines is 2. The Balaban J connectivity index is 1.48. The minimum Gasteiger partial charge on any atom is -0.368 e. The molecular weight excluding hydrogens is 362 g/mol. The fraction of sp³-hybridized carbons (Fsp3) is 0.333. The minimum absolute atomic E-state index is 0.974. The molecule has 0 unspecified atom stereocenters. The third-order valence-electron chi connectivity index (χ3n) is 3.88. The lowest BCUT2D eigenvalue weighted by Crippen LogP contribution is -2.46. The van der Waals surface area contributed by atoms with E-state index >= 15 is 0 Å². The van der Waals surface area contributed by atoms with Gasteiger partial charge in [0.1, 0.15) is 0 Å². The Bertz CT molecular complexity index is 772. The Labute approximate surface area is 141 Å². The van der Waals surface area contributed by atoms with Gasteiger partial charge in [0.2, 0.25) is 10.1 Å². The smallest absolute Gasteiger partial charge is 0.214 e. The zero-order valence-corrected chi connectivity index (χ0v) is 14.6. The molecule has 0 N–H and O–H groups in total. The molecule has 0 aliphatic carbocycles. The van der Waals surface area contributed by atoms with Crippen LogP contribution in [0, 0.1) is 6.92 Å². The first-order valence-electron chi connectivity index (χ1n) is 7.27. The molecule has 4 rings (SSSR count).